The van der Waals surface area contributed by atoms with Crippen molar-refractivity contribution in [2.45, 2.75) is 63.9 Å². The Morgan fingerprint density at radius 1 is 1.15 bits per heavy atom. The Morgan fingerprint density at radius 3 is 2.11 bits per heavy atom. The first-order chi connectivity index (χ1) is 12.9. The maximum absolute atomic E-state index is 12.1. The molecule has 0 saturated heterocycles. The molecule has 5 rings (SSSR count). The molecule has 0 amide bonds. The summed E-state index contributed by atoms with van der Waals surface area (Å²) in [5.41, 5.74) is 1.57. The van der Waals surface area contributed by atoms with E-state index in [-0.39, 0.29) is 11.6 Å². The third-order valence-corrected chi connectivity index (χ3v) is 6.26. The fourth-order valence-corrected chi connectivity index (χ4v) is 5.44. The van der Waals surface area contributed by atoms with Gasteiger partial charge in [-0.15, -0.1) is 0 Å². The van der Waals surface area contributed by atoms with Crippen LogP contribution in [-0.2, 0) is 9.53 Å². The Morgan fingerprint density at radius 2 is 1.67 bits per heavy atom. The normalized spacial score (nSPS) is 30.2. The molecule has 146 valence electrons. The SMILES string of the molecule is C=C(CCC)C(=O)OC12CC3CC(CC(C3)C1)C2.C=Cc1ccc(O)cc1. The summed E-state index contributed by atoms with van der Waals surface area (Å²) in [6, 6.07) is 6.89. The molecular weight excluding hydrogens is 336 g/mol. The quantitative estimate of drug-likeness (QED) is 0.521. The van der Waals surface area contributed by atoms with Gasteiger partial charge in [-0.3, -0.25) is 0 Å². The fourth-order valence-electron chi connectivity index (χ4n) is 5.44. The van der Waals surface area contributed by atoms with Crippen LogP contribution in [-0.4, -0.2) is 16.7 Å². The first-order valence-electron chi connectivity index (χ1n) is 10.3. The molecule has 27 heavy (non-hydrogen) atoms. The van der Waals surface area contributed by atoms with Gasteiger partial charge in [-0.2, -0.15) is 0 Å². The lowest BCUT2D eigenvalue weighted by Crippen LogP contribution is -2.52. The summed E-state index contributed by atoms with van der Waals surface area (Å²) < 4.78 is 5.93. The van der Waals surface area contributed by atoms with Gasteiger partial charge >= 0.3 is 5.97 Å². The van der Waals surface area contributed by atoms with Gasteiger partial charge in [0.15, 0.2) is 0 Å². The lowest BCUT2D eigenvalue weighted by Gasteiger charge is -2.55. The standard InChI is InChI=1S/C16H24O2.C8H8O/c1-3-4-11(2)15(17)18-16-8-12-5-13(9-16)7-14(6-12)10-16;1-2-7-3-5-8(9)6-4-7/h12-14H,2-10H2,1H3;2-6,9H,1H2. The van der Waals surface area contributed by atoms with Crippen molar-refractivity contribution in [1.29, 1.82) is 0 Å². The Kier molecular flexibility index (Phi) is 6.08. The molecule has 3 nitrogen and oxygen atoms in total. The Balaban J connectivity index is 0.000000197. The van der Waals surface area contributed by atoms with Gasteiger partial charge in [0.25, 0.3) is 0 Å². The van der Waals surface area contributed by atoms with E-state index in [1.165, 1.54) is 19.3 Å². The minimum Gasteiger partial charge on any atom is -0.508 e. The summed E-state index contributed by atoms with van der Waals surface area (Å²) in [6.45, 7) is 9.52. The maximum Gasteiger partial charge on any atom is 0.333 e. The van der Waals surface area contributed by atoms with Crippen molar-refractivity contribution in [3.05, 3.63) is 48.6 Å². The fraction of sp³-hybridized carbons (Fsp3) is 0.542. The summed E-state index contributed by atoms with van der Waals surface area (Å²) in [5.74, 6) is 2.63. The maximum atomic E-state index is 12.1. The molecule has 1 aromatic carbocycles. The number of hydrogen-bond acceptors (Lipinski definition) is 3. The summed E-state index contributed by atoms with van der Waals surface area (Å²) >= 11 is 0. The first kappa shape index (κ1) is 19.7. The first-order valence-corrected chi connectivity index (χ1v) is 10.3. The van der Waals surface area contributed by atoms with Crippen molar-refractivity contribution < 1.29 is 14.6 Å². The van der Waals surface area contributed by atoms with Gasteiger partial charge < -0.3 is 9.84 Å². The predicted molar refractivity (Wildman–Crippen MR) is 109 cm³/mol. The molecule has 1 N–H and O–H groups in total. The number of aromatic hydroxyl groups is 1. The van der Waals surface area contributed by atoms with Crippen molar-refractivity contribution in [3.8, 4) is 5.75 Å². The molecule has 0 atom stereocenters. The van der Waals surface area contributed by atoms with E-state index in [0.717, 1.165) is 55.4 Å². The van der Waals surface area contributed by atoms with Gasteiger partial charge in [-0.05, 0) is 80.4 Å². The number of phenolic OH excluding ortho intramolecular Hbond substituents is 1. The number of esters is 1. The van der Waals surface area contributed by atoms with Crippen LogP contribution < -0.4 is 0 Å². The average Bonchev–Trinajstić information content (AvgIpc) is 2.61. The van der Waals surface area contributed by atoms with Crippen LogP contribution in [0, 0.1) is 17.8 Å². The Labute approximate surface area is 163 Å². The number of benzene rings is 1. The monoisotopic (exact) mass is 368 g/mol. The van der Waals surface area contributed by atoms with Crippen molar-refractivity contribution in [3.63, 3.8) is 0 Å². The van der Waals surface area contributed by atoms with Crippen molar-refractivity contribution in [2.75, 3.05) is 0 Å². The molecule has 4 aliphatic carbocycles. The van der Waals surface area contributed by atoms with Crippen LogP contribution in [0.15, 0.2) is 43.0 Å². The number of carbonyl (C=O) groups is 1. The second kappa shape index (κ2) is 8.33. The number of phenols is 1. The van der Waals surface area contributed by atoms with Crippen LogP contribution in [0.1, 0.15) is 63.9 Å². The van der Waals surface area contributed by atoms with Gasteiger partial charge in [0.2, 0.25) is 0 Å². The van der Waals surface area contributed by atoms with Crippen molar-refractivity contribution >= 4 is 12.0 Å². The molecular formula is C24H32O3. The molecule has 0 aromatic heterocycles. The average molecular weight is 369 g/mol. The lowest BCUT2D eigenvalue weighted by molar-refractivity contribution is -0.182. The predicted octanol–water partition coefficient (Wildman–Crippen LogP) is 5.89. The van der Waals surface area contributed by atoms with E-state index in [9.17, 15) is 4.79 Å². The highest BCUT2D eigenvalue weighted by molar-refractivity contribution is 5.88. The molecule has 4 fully saturated rings. The van der Waals surface area contributed by atoms with Crippen LogP contribution in [0.2, 0.25) is 0 Å². The second-order valence-electron chi connectivity index (χ2n) is 8.64. The molecule has 4 saturated carbocycles. The van der Waals surface area contributed by atoms with Crippen LogP contribution in [0.25, 0.3) is 6.08 Å². The largest absolute Gasteiger partial charge is 0.508 e. The number of ether oxygens (including phenoxy) is 1. The molecule has 0 radical (unpaired) electrons. The zero-order chi connectivity index (χ0) is 19.4. The number of carbonyl (C=O) groups excluding carboxylic acids is 1. The van der Waals surface area contributed by atoms with Crippen LogP contribution in [0.5, 0.6) is 5.75 Å². The zero-order valence-electron chi connectivity index (χ0n) is 16.5. The zero-order valence-corrected chi connectivity index (χ0v) is 16.5. The van der Waals surface area contributed by atoms with Crippen LogP contribution >= 0.6 is 0 Å². The van der Waals surface area contributed by atoms with Gasteiger partial charge in [-0.1, -0.05) is 44.7 Å². The molecule has 4 aliphatic rings. The van der Waals surface area contributed by atoms with Gasteiger partial charge in [0.05, 0.1) is 0 Å². The molecule has 1 aromatic rings. The van der Waals surface area contributed by atoms with E-state index >= 15 is 0 Å². The Hall–Kier alpha value is -2.03. The second-order valence-corrected chi connectivity index (χ2v) is 8.64. The summed E-state index contributed by atoms with van der Waals surface area (Å²) in [4.78, 5) is 12.1. The van der Waals surface area contributed by atoms with Crippen molar-refractivity contribution in [1.82, 2.24) is 0 Å². The number of hydrogen-bond donors (Lipinski definition) is 1. The van der Waals surface area contributed by atoms with Crippen LogP contribution in [0.4, 0.5) is 0 Å². The molecule has 0 spiro atoms. The summed E-state index contributed by atoms with van der Waals surface area (Å²) in [7, 11) is 0. The lowest BCUT2D eigenvalue weighted by atomic mass is 9.54. The van der Waals surface area contributed by atoms with Gasteiger partial charge in [0.1, 0.15) is 11.4 Å². The highest BCUT2D eigenvalue weighted by atomic mass is 16.6. The van der Waals surface area contributed by atoms with E-state index in [0.29, 0.717) is 11.3 Å². The Bertz CT molecular complexity index is 651. The highest BCUT2D eigenvalue weighted by Gasteiger charge is 2.53. The van der Waals surface area contributed by atoms with E-state index in [1.807, 2.05) is 12.1 Å². The molecule has 4 bridgehead atoms. The minimum atomic E-state index is -0.126. The molecule has 0 unspecified atom stereocenters. The summed E-state index contributed by atoms with van der Waals surface area (Å²) in [5, 5.41) is 8.82. The smallest absolute Gasteiger partial charge is 0.333 e. The molecule has 3 heteroatoms. The van der Waals surface area contributed by atoms with E-state index in [1.54, 1.807) is 18.2 Å². The van der Waals surface area contributed by atoms with E-state index in [4.69, 9.17) is 9.84 Å². The minimum absolute atomic E-state index is 0.109. The third-order valence-electron chi connectivity index (χ3n) is 6.26. The number of rotatable bonds is 5. The van der Waals surface area contributed by atoms with E-state index < -0.39 is 0 Å². The molecule has 0 heterocycles. The van der Waals surface area contributed by atoms with Crippen LogP contribution in [0.3, 0.4) is 0 Å². The van der Waals surface area contributed by atoms with E-state index in [2.05, 4.69) is 20.1 Å². The third kappa shape index (κ3) is 4.82. The van der Waals surface area contributed by atoms with Gasteiger partial charge in [0, 0.05) is 5.57 Å². The molecule has 0 aliphatic heterocycles. The van der Waals surface area contributed by atoms with Gasteiger partial charge in [-0.25, -0.2) is 4.79 Å². The highest BCUT2D eigenvalue weighted by Crippen LogP contribution is 2.57. The topological polar surface area (TPSA) is 46.5 Å². The van der Waals surface area contributed by atoms with Crippen molar-refractivity contribution in [2.24, 2.45) is 17.8 Å². The summed E-state index contributed by atoms with van der Waals surface area (Å²) in [6.07, 6.45) is 11.0.